The fourth-order valence-electron chi connectivity index (χ4n) is 5.97. The summed E-state index contributed by atoms with van der Waals surface area (Å²) in [6.07, 6.45) is 19.0. The minimum Gasteiger partial charge on any atom is -0.423 e. The molecule has 2 unspecified atom stereocenters. The standard InChI is InChI=1S/C25H28O2/c1-25-14-5-8-23(25)22-11-9-18-16-19(10-12-20(18)21(22)13-15-25)27-24(26)17-6-3-2-4-7-17/h3,5-8,10,12,16,21-23H,2,4,9,11,13-15H2,1H3/t21?,22-,23?,25+/m1/s1. The highest BCUT2D eigenvalue weighted by Gasteiger charge is 2.48. The van der Waals surface area contributed by atoms with E-state index in [1.165, 1.54) is 36.8 Å². The minimum absolute atomic E-state index is 0.232. The van der Waals surface area contributed by atoms with Crippen LogP contribution in [0, 0.1) is 17.3 Å². The summed E-state index contributed by atoms with van der Waals surface area (Å²) in [7, 11) is 0. The molecule has 2 heteroatoms. The first-order valence-corrected chi connectivity index (χ1v) is 10.5. The average Bonchev–Trinajstić information content (AvgIpc) is 3.10. The lowest BCUT2D eigenvalue weighted by molar-refractivity contribution is -0.129. The van der Waals surface area contributed by atoms with Gasteiger partial charge in [0.1, 0.15) is 5.75 Å². The molecule has 0 heterocycles. The monoisotopic (exact) mass is 360 g/mol. The van der Waals surface area contributed by atoms with Crippen LogP contribution in [0.3, 0.4) is 0 Å². The fraction of sp³-hybridized carbons (Fsp3) is 0.480. The van der Waals surface area contributed by atoms with Crippen LogP contribution in [0.25, 0.3) is 0 Å². The summed E-state index contributed by atoms with van der Waals surface area (Å²) in [5, 5.41) is 0. The summed E-state index contributed by atoms with van der Waals surface area (Å²) in [5.41, 5.74) is 4.07. The highest BCUT2D eigenvalue weighted by molar-refractivity contribution is 5.93. The molecule has 1 saturated carbocycles. The van der Waals surface area contributed by atoms with E-state index in [4.69, 9.17) is 4.74 Å². The normalized spacial score (nSPS) is 33.7. The molecule has 2 nitrogen and oxygen atoms in total. The van der Waals surface area contributed by atoms with Crippen molar-refractivity contribution in [2.24, 2.45) is 17.3 Å². The Labute approximate surface area is 162 Å². The molecule has 0 bridgehead atoms. The molecule has 4 aliphatic carbocycles. The van der Waals surface area contributed by atoms with Crippen molar-refractivity contribution >= 4 is 5.97 Å². The first kappa shape index (κ1) is 17.0. The van der Waals surface area contributed by atoms with Crippen LogP contribution in [0.2, 0.25) is 0 Å². The summed E-state index contributed by atoms with van der Waals surface area (Å²) >= 11 is 0. The molecule has 27 heavy (non-hydrogen) atoms. The summed E-state index contributed by atoms with van der Waals surface area (Å²) in [5.74, 6) is 2.65. The number of carbonyl (C=O) groups is 1. The summed E-state index contributed by atoms with van der Waals surface area (Å²) in [6.45, 7) is 2.49. The van der Waals surface area contributed by atoms with Gasteiger partial charge < -0.3 is 4.74 Å². The molecule has 0 amide bonds. The number of benzene rings is 1. The smallest absolute Gasteiger partial charge is 0.343 e. The quantitative estimate of drug-likeness (QED) is 0.373. The number of ether oxygens (including phenoxy) is 1. The van der Waals surface area contributed by atoms with E-state index in [1.54, 1.807) is 0 Å². The van der Waals surface area contributed by atoms with E-state index in [0.717, 1.165) is 31.1 Å². The maximum Gasteiger partial charge on any atom is 0.343 e. The van der Waals surface area contributed by atoms with Gasteiger partial charge in [0.05, 0.1) is 5.57 Å². The van der Waals surface area contributed by atoms with E-state index >= 15 is 0 Å². The van der Waals surface area contributed by atoms with Gasteiger partial charge in [-0.25, -0.2) is 4.79 Å². The lowest BCUT2D eigenvalue weighted by atomic mass is 9.56. The van der Waals surface area contributed by atoms with E-state index in [9.17, 15) is 4.79 Å². The molecule has 4 aliphatic rings. The van der Waals surface area contributed by atoms with Crippen LogP contribution in [0.15, 0.2) is 54.2 Å². The van der Waals surface area contributed by atoms with Crippen molar-refractivity contribution in [3.63, 3.8) is 0 Å². The third-order valence-electron chi connectivity index (χ3n) is 7.44. The molecule has 0 saturated heterocycles. The van der Waals surface area contributed by atoms with E-state index in [-0.39, 0.29) is 5.97 Å². The first-order chi connectivity index (χ1) is 13.1. The first-order valence-electron chi connectivity index (χ1n) is 10.5. The molecule has 0 spiro atoms. The minimum atomic E-state index is -0.232. The average molecular weight is 360 g/mol. The third kappa shape index (κ3) is 2.90. The Morgan fingerprint density at radius 2 is 2.11 bits per heavy atom. The predicted octanol–water partition coefficient (Wildman–Crippen LogP) is 5.89. The molecule has 1 aromatic carbocycles. The van der Waals surface area contributed by atoms with Gasteiger partial charge in [-0.15, -0.1) is 0 Å². The number of esters is 1. The number of allylic oxidation sites excluding steroid dienone is 4. The van der Waals surface area contributed by atoms with Gasteiger partial charge in [0.15, 0.2) is 0 Å². The van der Waals surface area contributed by atoms with E-state index in [0.29, 0.717) is 22.7 Å². The van der Waals surface area contributed by atoms with Gasteiger partial charge in [-0.2, -0.15) is 0 Å². The summed E-state index contributed by atoms with van der Waals surface area (Å²) < 4.78 is 5.67. The second-order valence-corrected chi connectivity index (χ2v) is 9.05. The molecule has 5 rings (SSSR count). The zero-order valence-electron chi connectivity index (χ0n) is 16.1. The van der Waals surface area contributed by atoms with Crippen molar-refractivity contribution in [3.05, 3.63) is 65.3 Å². The lowest BCUT2D eigenvalue weighted by Gasteiger charge is -2.49. The zero-order chi connectivity index (χ0) is 18.4. The molecule has 0 aliphatic heterocycles. The van der Waals surface area contributed by atoms with Crippen LogP contribution in [-0.4, -0.2) is 5.97 Å². The Morgan fingerprint density at radius 3 is 2.96 bits per heavy atom. The number of rotatable bonds is 2. The number of hydrogen-bond donors (Lipinski definition) is 0. The number of fused-ring (bicyclic) bond motifs is 5. The van der Waals surface area contributed by atoms with Crippen molar-refractivity contribution in [1.82, 2.24) is 0 Å². The topological polar surface area (TPSA) is 26.3 Å². The van der Waals surface area contributed by atoms with Gasteiger partial charge >= 0.3 is 5.97 Å². The maximum atomic E-state index is 12.4. The van der Waals surface area contributed by atoms with E-state index in [1.807, 2.05) is 24.3 Å². The molecular weight excluding hydrogens is 332 g/mol. The van der Waals surface area contributed by atoms with Gasteiger partial charge in [0, 0.05) is 0 Å². The molecular formula is C25H28O2. The highest BCUT2D eigenvalue weighted by Crippen LogP contribution is 2.58. The van der Waals surface area contributed by atoms with Crippen molar-refractivity contribution in [1.29, 1.82) is 0 Å². The predicted molar refractivity (Wildman–Crippen MR) is 108 cm³/mol. The summed E-state index contributed by atoms with van der Waals surface area (Å²) in [6, 6.07) is 6.36. The van der Waals surface area contributed by atoms with Gasteiger partial charge in [0.2, 0.25) is 0 Å². The van der Waals surface area contributed by atoms with Crippen LogP contribution in [0.1, 0.15) is 62.5 Å². The van der Waals surface area contributed by atoms with E-state index in [2.05, 4.69) is 31.2 Å². The molecule has 1 fully saturated rings. The maximum absolute atomic E-state index is 12.4. The Bertz CT molecular complexity index is 859. The van der Waals surface area contributed by atoms with Crippen LogP contribution in [0.5, 0.6) is 5.75 Å². The number of hydrogen-bond acceptors (Lipinski definition) is 2. The van der Waals surface area contributed by atoms with Gasteiger partial charge in [-0.1, -0.05) is 43.4 Å². The third-order valence-corrected chi connectivity index (χ3v) is 7.44. The molecule has 140 valence electrons. The van der Waals surface area contributed by atoms with Crippen molar-refractivity contribution in [3.8, 4) is 5.75 Å². The number of aryl methyl sites for hydroxylation is 1. The molecule has 0 radical (unpaired) electrons. The molecule has 1 aromatic rings. The van der Waals surface area contributed by atoms with Crippen LogP contribution < -0.4 is 4.74 Å². The van der Waals surface area contributed by atoms with Gasteiger partial charge in [-0.05, 0) is 91.4 Å². The van der Waals surface area contributed by atoms with Crippen molar-refractivity contribution in [2.75, 3.05) is 0 Å². The Hall–Kier alpha value is -2.09. The Kier molecular flexibility index (Phi) is 4.11. The van der Waals surface area contributed by atoms with Crippen molar-refractivity contribution in [2.45, 2.75) is 57.8 Å². The van der Waals surface area contributed by atoms with E-state index < -0.39 is 0 Å². The van der Waals surface area contributed by atoms with Gasteiger partial charge in [0.25, 0.3) is 0 Å². The molecule has 0 N–H and O–H groups in total. The van der Waals surface area contributed by atoms with Crippen LogP contribution in [0.4, 0.5) is 0 Å². The van der Waals surface area contributed by atoms with Crippen molar-refractivity contribution < 1.29 is 9.53 Å². The van der Waals surface area contributed by atoms with Crippen LogP contribution in [-0.2, 0) is 11.2 Å². The SMILES string of the molecule is C[C@@]12CC=CC1[C@@H]1CCc3cc(OC(=O)C4=CCCC=C4)ccc3C1CC2. The molecule has 4 atom stereocenters. The fourth-order valence-corrected chi connectivity index (χ4v) is 5.97. The van der Waals surface area contributed by atoms with Gasteiger partial charge in [-0.3, -0.25) is 0 Å². The van der Waals surface area contributed by atoms with Crippen LogP contribution >= 0.6 is 0 Å². The second kappa shape index (κ2) is 6.51. The zero-order valence-corrected chi connectivity index (χ0v) is 16.1. The molecule has 0 aromatic heterocycles. The highest BCUT2D eigenvalue weighted by atomic mass is 16.5. The lowest BCUT2D eigenvalue weighted by Crippen LogP contribution is -2.39. The summed E-state index contributed by atoms with van der Waals surface area (Å²) in [4.78, 5) is 12.4. The second-order valence-electron chi connectivity index (χ2n) is 9.05. The Morgan fingerprint density at radius 1 is 1.19 bits per heavy atom. The largest absolute Gasteiger partial charge is 0.423 e. The number of carbonyl (C=O) groups excluding carboxylic acids is 1. The Balaban J connectivity index is 1.36.